The maximum Gasteiger partial charge on any atom is 0.262 e. The van der Waals surface area contributed by atoms with Gasteiger partial charge in [0.1, 0.15) is 4.90 Å². The second kappa shape index (κ2) is 5.36. The molecule has 0 radical (unpaired) electrons. The lowest BCUT2D eigenvalue weighted by Gasteiger charge is -2.03. The van der Waals surface area contributed by atoms with Gasteiger partial charge in [0, 0.05) is 15.6 Å². The number of halogens is 1. The summed E-state index contributed by atoms with van der Waals surface area (Å²) in [5.41, 5.74) is 1.95. The Morgan fingerprint density at radius 1 is 1.24 bits per heavy atom. The van der Waals surface area contributed by atoms with Crippen molar-refractivity contribution in [3.63, 3.8) is 0 Å². The summed E-state index contributed by atoms with van der Waals surface area (Å²) >= 11 is 1.32. The molecule has 7 heteroatoms. The molecule has 1 aliphatic rings. The smallest absolute Gasteiger partial charge is 0.262 e. The van der Waals surface area contributed by atoms with Gasteiger partial charge in [0.05, 0.1) is 0 Å². The Morgan fingerprint density at radius 2 is 1.95 bits per heavy atom. The van der Waals surface area contributed by atoms with E-state index in [1.807, 2.05) is 25.1 Å². The van der Waals surface area contributed by atoms with Crippen LogP contribution in [0.4, 0.5) is 0 Å². The molecule has 0 amide bonds. The fraction of sp³-hybridized carbons (Fsp3) is 0.143. The highest BCUT2D eigenvalue weighted by Gasteiger charge is 2.16. The third-order valence-electron chi connectivity index (χ3n) is 3.10. The lowest BCUT2D eigenvalue weighted by Crippen LogP contribution is -1.92. The van der Waals surface area contributed by atoms with Gasteiger partial charge in [0.25, 0.3) is 9.05 Å². The first kappa shape index (κ1) is 14.4. The number of hydrogen-bond acceptors (Lipinski definition) is 5. The lowest BCUT2D eigenvalue weighted by molar-refractivity contribution is 0.174. The first-order valence-electron chi connectivity index (χ1n) is 6.05. The van der Waals surface area contributed by atoms with Crippen molar-refractivity contribution in [1.82, 2.24) is 0 Å². The molecule has 0 N–H and O–H groups in total. The second-order valence-corrected chi connectivity index (χ2v) is 7.96. The Bertz CT molecular complexity index is 821. The highest BCUT2D eigenvalue weighted by molar-refractivity contribution is 8.13. The van der Waals surface area contributed by atoms with Crippen LogP contribution in [0.15, 0.2) is 28.5 Å². The minimum absolute atomic E-state index is 0.129. The number of aryl methyl sites for hydroxylation is 1. The molecule has 0 fully saturated rings. The quantitative estimate of drug-likeness (QED) is 0.794. The van der Waals surface area contributed by atoms with Crippen LogP contribution < -0.4 is 9.47 Å². The van der Waals surface area contributed by atoms with Crippen LogP contribution in [-0.4, -0.2) is 15.2 Å². The van der Waals surface area contributed by atoms with Gasteiger partial charge < -0.3 is 9.47 Å². The van der Waals surface area contributed by atoms with Crippen LogP contribution >= 0.6 is 22.0 Å². The molecule has 0 saturated heterocycles. The summed E-state index contributed by atoms with van der Waals surface area (Å²) in [6.07, 6.45) is 3.58. The first-order valence-corrected chi connectivity index (χ1v) is 9.24. The van der Waals surface area contributed by atoms with Crippen molar-refractivity contribution in [2.24, 2.45) is 0 Å². The monoisotopic (exact) mass is 342 g/mol. The molecular formula is C14H11ClO4S2. The molecule has 0 unspecified atom stereocenters. The summed E-state index contributed by atoms with van der Waals surface area (Å²) in [5, 5.41) is 1.70. The molecule has 2 aromatic rings. The molecule has 0 atom stereocenters. The minimum Gasteiger partial charge on any atom is -0.454 e. The van der Waals surface area contributed by atoms with E-state index in [-0.39, 0.29) is 11.7 Å². The molecule has 3 rings (SSSR count). The topological polar surface area (TPSA) is 52.6 Å². The first-order chi connectivity index (χ1) is 9.95. The molecule has 1 aliphatic heterocycles. The largest absolute Gasteiger partial charge is 0.454 e. The molecule has 110 valence electrons. The molecule has 1 aromatic carbocycles. The predicted octanol–water partition coefficient (Wildman–Crippen LogP) is 3.88. The van der Waals surface area contributed by atoms with E-state index in [1.54, 1.807) is 11.5 Å². The maximum absolute atomic E-state index is 11.4. The van der Waals surface area contributed by atoms with E-state index >= 15 is 0 Å². The van der Waals surface area contributed by atoms with E-state index < -0.39 is 9.05 Å². The van der Waals surface area contributed by atoms with Gasteiger partial charge in [-0.2, -0.15) is 0 Å². The Morgan fingerprint density at radius 3 is 2.67 bits per heavy atom. The van der Waals surface area contributed by atoms with E-state index in [2.05, 4.69) is 0 Å². The fourth-order valence-electron chi connectivity index (χ4n) is 2.04. The van der Waals surface area contributed by atoms with Crippen molar-refractivity contribution in [1.29, 1.82) is 0 Å². The van der Waals surface area contributed by atoms with Gasteiger partial charge in [-0.15, -0.1) is 11.3 Å². The zero-order chi connectivity index (χ0) is 15.0. The van der Waals surface area contributed by atoms with Crippen LogP contribution in [0.5, 0.6) is 11.5 Å². The summed E-state index contributed by atoms with van der Waals surface area (Å²) in [4.78, 5) is 0.728. The SMILES string of the molecule is Cc1cc2c(cc1C=Cc1sccc1S(=O)(=O)Cl)OCO2. The van der Waals surface area contributed by atoms with Crippen LogP contribution in [0.25, 0.3) is 12.2 Å². The maximum atomic E-state index is 11.4. The molecular weight excluding hydrogens is 332 g/mol. The van der Waals surface area contributed by atoms with Crippen LogP contribution in [0.3, 0.4) is 0 Å². The predicted molar refractivity (Wildman–Crippen MR) is 83.6 cm³/mol. The van der Waals surface area contributed by atoms with Gasteiger partial charge in [-0.25, -0.2) is 8.42 Å². The molecule has 2 heterocycles. The molecule has 0 aliphatic carbocycles. The number of benzene rings is 1. The molecule has 0 saturated carbocycles. The third-order valence-corrected chi connectivity index (χ3v) is 5.49. The van der Waals surface area contributed by atoms with E-state index in [1.165, 1.54) is 17.4 Å². The van der Waals surface area contributed by atoms with Gasteiger partial charge in [-0.05, 0) is 47.7 Å². The normalized spacial score (nSPS) is 14.0. The molecule has 0 bridgehead atoms. The summed E-state index contributed by atoms with van der Waals surface area (Å²) in [7, 11) is 1.68. The van der Waals surface area contributed by atoms with Crippen molar-refractivity contribution >= 4 is 43.2 Å². The second-order valence-electron chi connectivity index (χ2n) is 4.48. The Hall–Kier alpha value is -1.50. The van der Waals surface area contributed by atoms with E-state index in [0.29, 0.717) is 10.6 Å². The Labute approximate surface area is 131 Å². The Kier molecular flexibility index (Phi) is 3.69. The number of fused-ring (bicyclic) bond motifs is 1. The average Bonchev–Trinajstić information content (AvgIpc) is 3.02. The summed E-state index contributed by atoms with van der Waals surface area (Å²) in [5.74, 6) is 1.42. The summed E-state index contributed by atoms with van der Waals surface area (Å²) in [6.45, 7) is 2.18. The fourth-order valence-corrected chi connectivity index (χ4v) is 4.36. The van der Waals surface area contributed by atoms with E-state index in [9.17, 15) is 8.42 Å². The highest BCUT2D eigenvalue weighted by Crippen LogP contribution is 2.35. The minimum atomic E-state index is -3.73. The number of hydrogen-bond donors (Lipinski definition) is 0. The van der Waals surface area contributed by atoms with Gasteiger partial charge in [0.15, 0.2) is 11.5 Å². The van der Waals surface area contributed by atoms with Crippen LogP contribution in [-0.2, 0) is 9.05 Å². The summed E-state index contributed by atoms with van der Waals surface area (Å²) < 4.78 is 33.5. The van der Waals surface area contributed by atoms with Crippen LogP contribution in [0, 0.1) is 6.92 Å². The standard InChI is InChI=1S/C14H11ClO4S2/c1-9-6-11-12(19-8-18-11)7-10(9)2-3-13-14(4-5-20-13)21(15,16)17/h2-7H,8H2,1H3. The number of thiophene rings is 1. The van der Waals surface area contributed by atoms with E-state index in [4.69, 9.17) is 20.2 Å². The average molecular weight is 343 g/mol. The molecule has 1 aromatic heterocycles. The number of rotatable bonds is 3. The molecule has 0 spiro atoms. The highest BCUT2D eigenvalue weighted by atomic mass is 35.7. The third kappa shape index (κ3) is 2.92. The zero-order valence-corrected chi connectivity index (χ0v) is 13.4. The van der Waals surface area contributed by atoms with Crippen molar-refractivity contribution in [3.8, 4) is 11.5 Å². The van der Waals surface area contributed by atoms with Gasteiger partial charge in [-0.1, -0.05) is 6.08 Å². The van der Waals surface area contributed by atoms with Crippen LogP contribution in [0.2, 0.25) is 0 Å². The van der Waals surface area contributed by atoms with Gasteiger partial charge in [0.2, 0.25) is 6.79 Å². The van der Waals surface area contributed by atoms with Crippen molar-refractivity contribution < 1.29 is 17.9 Å². The van der Waals surface area contributed by atoms with E-state index in [0.717, 1.165) is 16.9 Å². The van der Waals surface area contributed by atoms with Gasteiger partial charge in [-0.3, -0.25) is 0 Å². The van der Waals surface area contributed by atoms with Crippen molar-refractivity contribution in [3.05, 3.63) is 39.6 Å². The van der Waals surface area contributed by atoms with Crippen LogP contribution in [0.1, 0.15) is 16.0 Å². The lowest BCUT2D eigenvalue weighted by atomic mass is 10.1. The Balaban J connectivity index is 1.96. The van der Waals surface area contributed by atoms with Crippen molar-refractivity contribution in [2.45, 2.75) is 11.8 Å². The number of ether oxygens (including phenoxy) is 2. The summed E-state index contributed by atoms with van der Waals surface area (Å²) in [6, 6.07) is 5.27. The zero-order valence-electron chi connectivity index (χ0n) is 11.0. The van der Waals surface area contributed by atoms with Gasteiger partial charge >= 0.3 is 0 Å². The molecule has 4 nitrogen and oxygen atoms in total. The molecule has 21 heavy (non-hydrogen) atoms. The van der Waals surface area contributed by atoms with Crippen molar-refractivity contribution in [2.75, 3.05) is 6.79 Å².